The number of rotatable bonds is 6. The lowest BCUT2D eigenvalue weighted by molar-refractivity contribution is 0.0470. The van der Waals surface area contributed by atoms with Gasteiger partial charge in [-0.15, -0.1) is 0 Å². The minimum atomic E-state index is -0.899. The highest BCUT2D eigenvalue weighted by Crippen LogP contribution is 2.14. The van der Waals surface area contributed by atoms with Crippen LogP contribution < -0.4 is 10.4 Å². The van der Waals surface area contributed by atoms with Crippen LogP contribution in [0.2, 0.25) is 0 Å². The van der Waals surface area contributed by atoms with Crippen molar-refractivity contribution in [2.75, 3.05) is 13.2 Å². The number of carbonyl (C=O) groups excluding carboxylic acids is 2. The van der Waals surface area contributed by atoms with Crippen LogP contribution in [-0.4, -0.2) is 25.0 Å². The molecule has 0 aliphatic rings. The lowest BCUT2D eigenvalue weighted by Crippen LogP contribution is -2.20. The first-order valence-electron chi connectivity index (χ1n) is 8.04. The van der Waals surface area contributed by atoms with Gasteiger partial charge in [-0.05, 0) is 43.3 Å². The minimum absolute atomic E-state index is 0.247. The molecule has 26 heavy (non-hydrogen) atoms. The number of fused-ring (bicyclic) bond motifs is 1. The van der Waals surface area contributed by atoms with E-state index in [4.69, 9.17) is 13.9 Å². The van der Waals surface area contributed by atoms with E-state index >= 15 is 0 Å². The average molecular weight is 352 g/mol. The van der Waals surface area contributed by atoms with E-state index in [1.165, 1.54) is 6.07 Å². The van der Waals surface area contributed by atoms with Crippen LogP contribution in [0.4, 0.5) is 0 Å². The Kier molecular flexibility index (Phi) is 5.12. The molecule has 3 rings (SSSR count). The molecule has 3 aromatic rings. The van der Waals surface area contributed by atoms with Crippen molar-refractivity contribution in [3.63, 3.8) is 0 Å². The zero-order chi connectivity index (χ0) is 18.5. The van der Waals surface area contributed by atoms with E-state index in [-0.39, 0.29) is 11.3 Å². The van der Waals surface area contributed by atoms with E-state index in [1.807, 2.05) is 6.92 Å². The maximum Gasteiger partial charge on any atom is 0.351 e. The van der Waals surface area contributed by atoms with E-state index in [0.717, 1.165) is 0 Å². The van der Waals surface area contributed by atoms with Crippen molar-refractivity contribution in [2.45, 2.75) is 6.92 Å². The van der Waals surface area contributed by atoms with Gasteiger partial charge in [-0.1, -0.05) is 18.2 Å². The van der Waals surface area contributed by atoms with Gasteiger partial charge in [-0.3, -0.25) is 4.79 Å². The third-order valence-electron chi connectivity index (χ3n) is 3.68. The highest BCUT2D eigenvalue weighted by Gasteiger charge is 2.17. The summed E-state index contributed by atoms with van der Waals surface area (Å²) in [7, 11) is 0. The molecule has 6 heteroatoms. The molecule has 0 atom stereocenters. The molecule has 0 aliphatic heterocycles. The molecule has 0 spiro atoms. The fourth-order valence-corrected chi connectivity index (χ4v) is 2.40. The Morgan fingerprint density at radius 1 is 1.04 bits per heavy atom. The summed E-state index contributed by atoms with van der Waals surface area (Å²) in [4.78, 5) is 36.2. The first-order chi connectivity index (χ1) is 12.6. The van der Waals surface area contributed by atoms with Crippen molar-refractivity contribution >= 4 is 22.7 Å². The van der Waals surface area contributed by atoms with Gasteiger partial charge in [0.2, 0.25) is 0 Å². The number of hydrogen-bond acceptors (Lipinski definition) is 6. The van der Waals surface area contributed by atoms with Crippen LogP contribution in [0.5, 0.6) is 5.75 Å². The minimum Gasteiger partial charge on any atom is -0.494 e. The van der Waals surface area contributed by atoms with Crippen LogP contribution in [-0.2, 0) is 4.74 Å². The molecule has 0 amide bonds. The first-order valence-corrected chi connectivity index (χ1v) is 8.04. The summed E-state index contributed by atoms with van der Waals surface area (Å²) in [6.45, 7) is 1.92. The molecule has 1 aromatic heterocycles. The quantitative estimate of drug-likeness (QED) is 0.385. The van der Waals surface area contributed by atoms with E-state index in [9.17, 15) is 14.4 Å². The molecule has 0 radical (unpaired) electrons. The Hall–Kier alpha value is -3.41. The van der Waals surface area contributed by atoms with Gasteiger partial charge in [-0.2, -0.15) is 0 Å². The van der Waals surface area contributed by atoms with Crippen molar-refractivity contribution in [3.8, 4) is 5.75 Å². The smallest absolute Gasteiger partial charge is 0.351 e. The third kappa shape index (κ3) is 3.80. The second-order valence-corrected chi connectivity index (χ2v) is 5.44. The number of ether oxygens (including phenoxy) is 2. The Morgan fingerprint density at radius 3 is 2.50 bits per heavy atom. The second kappa shape index (κ2) is 7.65. The largest absolute Gasteiger partial charge is 0.494 e. The number of esters is 1. The summed E-state index contributed by atoms with van der Waals surface area (Å²) < 4.78 is 15.4. The predicted molar refractivity (Wildman–Crippen MR) is 94.7 cm³/mol. The number of benzene rings is 2. The molecule has 6 nitrogen and oxygen atoms in total. The number of carbonyl (C=O) groups is 2. The Bertz CT molecular complexity index is 1000. The van der Waals surface area contributed by atoms with E-state index in [0.29, 0.717) is 28.9 Å². The average Bonchev–Trinajstić information content (AvgIpc) is 2.66. The number of Topliss-reactive ketones (excluding diaryl/α,β-unsaturated/α-hetero) is 1. The molecule has 0 unspecified atom stereocenters. The van der Waals surface area contributed by atoms with Crippen molar-refractivity contribution in [1.29, 1.82) is 0 Å². The maximum absolute atomic E-state index is 12.1. The fourth-order valence-electron chi connectivity index (χ4n) is 2.40. The summed E-state index contributed by atoms with van der Waals surface area (Å²) in [5, 5.41) is 0.594. The Balaban J connectivity index is 1.69. The van der Waals surface area contributed by atoms with Gasteiger partial charge in [0.15, 0.2) is 12.4 Å². The Labute approximate surface area is 149 Å². The molecule has 0 bridgehead atoms. The second-order valence-electron chi connectivity index (χ2n) is 5.44. The number of hydrogen-bond donors (Lipinski definition) is 0. The van der Waals surface area contributed by atoms with E-state index in [1.54, 1.807) is 48.5 Å². The van der Waals surface area contributed by atoms with Gasteiger partial charge >= 0.3 is 11.6 Å². The van der Waals surface area contributed by atoms with E-state index < -0.39 is 18.2 Å². The monoisotopic (exact) mass is 352 g/mol. The molecule has 1 heterocycles. The van der Waals surface area contributed by atoms with Crippen molar-refractivity contribution < 1.29 is 23.5 Å². The summed E-state index contributed by atoms with van der Waals surface area (Å²) in [6, 6.07) is 14.7. The predicted octanol–water partition coefficient (Wildman–Crippen LogP) is 3.23. The first kappa shape index (κ1) is 17.4. The molecule has 0 saturated heterocycles. The molecule has 132 valence electrons. The summed E-state index contributed by atoms with van der Waals surface area (Å²) in [5.41, 5.74) is -0.295. The third-order valence-corrected chi connectivity index (χ3v) is 3.68. The van der Waals surface area contributed by atoms with Gasteiger partial charge in [-0.25, -0.2) is 9.59 Å². The maximum atomic E-state index is 12.1. The molecule has 0 fully saturated rings. The highest BCUT2D eigenvalue weighted by molar-refractivity contribution is 5.99. The van der Waals surface area contributed by atoms with Crippen LogP contribution in [0.25, 0.3) is 11.0 Å². The van der Waals surface area contributed by atoms with Crippen LogP contribution in [0.15, 0.2) is 63.8 Å². The topological polar surface area (TPSA) is 82.8 Å². The number of ketones is 1. The SMILES string of the molecule is CCOc1ccc(C(=O)COC(=O)c2cc3ccccc3oc2=O)cc1. The highest BCUT2D eigenvalue weighted by atomic mass is 16.5. The van der Waals surface area contributed by atoms with Gasteiger partial charge < -0.3 is 13.9 Å². The summed E-state index contributed by atoms with van der Waals surface area (Å²) in [6.07, 6.45) is 0. The molecular formula is C20H16O6. The lowest BCUT2D eigenvalue weighted by atomic mass is 10.1. The summed E-state index contributed by atoms with van der Waals surface area (Å²) >= 11 is 0. The van der Waals surface area contributed by atoms with Crippen molar-refractivity contribution in [2.24, 2.45) is 0 Å². The van der Waals surface area contributed by atoms with Crippen molar-refractivity contribution in [1.82, 2.24) is 0 Å². The Morgan fingerprint density at radius 2 is 1.77 bits per heavy atom. The molecular weight excluding hydrogens is 336 g/mol. The molecule has 0 saturated carbocycles. The molecule has 0 aliphatic carbocycles. The van der Waals surface area contributed by atoms with Crippen LogP contribution in [0.3, 0.4) is 0 Å². The van der Waals surface area contributed by atoms with Gasteiger partial charge in [0.05, 0.1) is 6.61 Å². The van der Waals surface area contributed by atoms with Crippen LogP contribution in [0, 0.1) is 0 Å². The molecule has 2 aromatic carbocycles. The van der Waals surface area contributed by atoms with E-state index in [2.05, 4.69) is 0 Å². The zero-order valence-electron chi connectivity index (χ0n) is 14.1. The van der Waals surface area contributed by atoms with Gasteiger partial charge in [0.1, 0.15) is 16.9 Å². The van der Waals surface area contributed by atoms with Gasteiger partial charge in [0.25, 0.3) is 0 Å². The number of para-hydroxylation sites is 1. The standard InChI is InChI=1S/C20H16O6/c1-2-24-15-9-7-13(8-10-15)17(21)12-25-19(22)16-11-14-5-3-4-6-18(14)26-20(16)23/h3-11H,2,12H2,1H3. The van der Waals surface area contributed by atoms with Crippen LogP contribution >= 0.6 is 0 Å². The van der Waals surface area contributed by atoms with Crippen molar-refractivity contribution in [3.05, 3.63) is 76.1 Å². The lowest BCUT2D eigenvalue weighted by Gasteiger charge is -2.06. The van der Waals surface area contributed by atoms with Gasteiger partial charge in [0, 0.05) is 10.9 Å². The normalized spacial score (nSPS) is 10.5. The fraction of sp³-hybridized carbons (Fsp3) is 0.150. The molecule has 0 N–H and O–H groups in total. The zero-order valence-corrected chi connectivity index (χ0v) is 14.1. The van der Waals surface area contributed by atoms with Crippen LogP contribution in [0.1, 0.15) is 27.6 Å². The summed E-state index contributed by atoms with van der Waals surface area (Å²) in [5.74, 6) is -0.634.